The predicted octanol–water partition coefficient (Wildman–Crippen LogP) is 10.6. The summed E-state index contributed by atoms with van der Waals surface area (Å²) in [4.78, 5) is 16.1. The molecule has 4 nitrogen and oxygen atoms in total. The lowest BCUT2D eigenvalue weighted by atomic mass is 9.58. The van der Waals surface area contributed by atoms with E-state index in [1.165, 1.54) is 131 Å². The molecule has 0 bridgehead atoms. The summed E-state index contributed by atoms with van der Waals surface area (Å²) >= 11 is 0. The number of benzene rings is 4. The minimum absolute atomic E-state index is 0.0639. The van der Waals surface area contributed by atoms with Crippen LogP contribution in [0.25, 0.3) is 10.8 Å². The number of carbonyl (C=O) groups is 1. The van der Waals surface area contributed by atoms with Crippen LogP contribution >= 0.6 is 8.07 Å². The van der Waals surface area contributed by atoms with Crippen molar-refractivity contribution < 1.29 is 9.53 Å². The summed E-state index contributed by atoms with van der Waals surface area (Å²) in [5.74, 6) is -0.0871. The molecule has 6 heteroatoms. The molecule has 266 valence electrons. The Bertz CT molecular complexity index is 1930. The van der Waals surface area contributed by atoms with Gasteiger partial charge in [-0.05, 0) is 154 Å². The Hall–Kier alpha value is -3.30. The van der Waals surface area contributed by atoms with E-state index < -0.39 is 13.5 Å². The summed E-state index contributed by atoms with van der Waals surface area (Å²) in [6.07, 6.45) is 15.2. The Morgan fingerprint density at radius 3 is 2.04 bits per heavy atom. The van der Waals surface area contributed by atoms with Crippen LogP contribution in [0.2, 0.25) is 0 Å². The Morgan fingerprint density at radius 1 is 0.784 bits per heavy atom. The number of anilines is 2. The van der Waals surface area contributed by atoms with Crippen molar-refractivity contribution >= 4 is 48.6 Å². The zero-order chi connectivity index (χ0) is 35.4. The molecule has 0 N–H and O–H groups in total. The smallest absolute Gasteiger partial charge is 0.415 e. The highest BCUT2D eigenvalue weighted by molar-refractivity contribution is 7.63. The lowest BCUT2D eigenvalue weighted by molar-refractivity contribution is -0.151. The summed E-state index contributed by atoms with van der Waals surface area (Å²) in [6.45, 7) is 12.4. The number of nitrogens with zero attached hydrogens (tertiary/aromatic N) is 2. The number of esters is 1. The fraction of sp³-hybridized carbons (Fsp3) is 0.489. The van der Waals surface area contributed by atoms with E-state index in [1.807, 2.05) is 0 Å². The molecule has 4 aliphatic rings. The number of rotatable bonds is 7. The molecule has 2 fully saturated rings. The SMILES string of the molecule is COC(=O)C1(C)Cc2c(C)c(C)c(B3N(Cc4ccccc4)c4cc(C)cc5cccc(c45)N3P(C3CCCCC3)C3CCCCC3)c(C)c2C1. The van der Waals surface area contributed by atoms with Gasteiger partial charge in [0.2, 0.25) is 0 Å². The lowest BCUT2D eigenvalue weighted by Gasteiger charge is -2.54. The van der Waals surface area contributed by atoms with Crippen LogP contribution in [0.15, 0.2) is 60.7 Å². The van der Waals surface area contributed by atoms with Crippen molar-refractivity contribution in [3.8, 4) is 0 Å². The van der Waals surface area contributed by atoms with E-state index in [9.17, 15) is 4.79 Å². The van der Waals surface area contributed by atoms with Gasteiger partial charge < -0.3 is 14.1 Å². The second-order valence-electron chi connectivity index (χ2n) is 16.6. The van der Waals surface area contributed by atoms with Crippen molar-refractivity contribution in [2.45, 2.75) is 130 Å². The van der Waals surface area contributed by atoms with Crippen LogP contribution in [0.1, 0.15) is 110 Å². The van der Waals surface area contributed by atoms with Crippen molar-refractivity contribution in [3.05, 3.63) is 99.6 Å². The van der Waals surface area contributed by atoms with E-state index >= 15 is 0 Å². The third-order valence-electron chi connectivity index (χ3n) is 13.2. The topological polar surface area (TPSA) is 32.8 Å². The van der Waals surface area contributed by atoms with Crippen LogP contribution in [0.5, 0.6) is 0 Å². The van der Waals surface area contributed by atoms with Gasteiger partial charge in [-0.2, -0.15) is 0 Å². The molecule has 2 saturated carbocycles. The Morgan fingerprint density at radius 2 is 1.41 bits per heavy atom. The number of ether oxygens (including phenoxy) is 1. The van der Waals surface area contributed by atoms with Gasteiger partial charge in [-0.1, -0.05) is 87.1 Å². The first-order valence-corrected chi connectivity index (χ1v) is 21.2. The lowest BCUT2D eigenvalue weighted by Crippen LogP contribution is -2.63. The molecular weight excluding hydrogens is 642 g/mol. The summed E-state index contributed by atoms with van der Waals surface area (Å²) in [7, 11) is 1.06. The van der Waals surface area contributed by atoms with Crippen LogP contribution in [0, 0.1) is 33.1 Å². The van der Waals surface area contributed by atoms with Crippen molar-refractivity contribution in [3.63, 3.8) is 0 Å². The van der Waals surface area contributed by atoms with Crippen LogP contribution in [-0.4, -0.2) is 31.4 Å². The zero-order valence-electron chi connectivity index (χ0n) is 31.9. The minimum Gasteiger partial charge on any atom is -0.469 e. The van der Waals surface area contributed by atoms with Crippen LogP contribution in [0.4, 0.5) is 11.4 Å². The number of methoxy groups -OCH3 is 1. The van der Waals surface area contributed by atoms with Crippen molar-refractivity contribution in [2.75, 3.05) is 16.5 Å². The molecule has 0 amide bonds. The summed E-state index contributed by atoms with van der Waals surface area (Å²) in [5.41, 5.74) is 14.8. The van der Waals surface area contributed by atoms with Gasteiger partial charge in [-0.15, -0.1) is 0 Å². The maximum absolute atomic E-state index is 13.3. The monoisotopic (exact) mass is 698 g/mol. The molecule has 0 spiro atoms. The number of fused-ring (bicyclic) bond motifs is 1. The highest BCUT2D eigenvalue weighted by atomic mass is 31.1. The maximum atomic E-state index is 13.3. The third kappa shape index (κ3) is 6.00. The molecule has 0 saturated heterocycles. The van der Waals surface area contributed by atoms with Gasteiger partial charge in [0, 0.05) is 23.3 Å². The Kier molecular flexibility index (Phi) is 9.49. The molecule has 1 atom stereocenters. The molecule has 0 aromatic heterocycles. The van der Waals surface area contributed by atoms with Gasteiger partial charge in [-0.25, -0.2) is 0 Å². The largest absolute Gasteiger partial charge is 0.469 e. The molecule has 1 unspecified atom stereocenters. The van der Waals surface area contributed by atoms with E-state index in [0.29, 0.717) is 0 Å². The van der Waals surface area contributed by atoms with Crippen LogP contribution < -0.4 is 14.9 Å². The summed E-state index contributed by atoms with van der Waals surface area (Å²) in [6, 6.07) is 23.2. The Balaban J connectivity index is 1.42. The van der Waals surface area contributed by atoms with E-state index in [2.05, 4.69) is 105 Å². The average molecular weight is 699 g/mol. The van der Waals surface area contributed by atoms with Crippen LogP contribution in [0.3, 0.4) is 0 Å². The number of hydrogen-bond acceptors (Lipinski definition) is 4. The van der Waals surface area contributed by atoms with Crippen LogP contribution in [-0.2, 0) is 28.9 Å². The molecule has 0 radical (unpaired) electrons. The molecule has 4 aromatic rings. The predicted molar refractivity (Wildman–Crippen MR) is 218 cm³/mol. The van der Waals surface area contributed by atoms with Gasteiger partial charge in [0.1, 0.15) is 0 Å². The first-order chi connectivity index (χ1) is 24.7. The minimum atomic E-state index is -0.528. The van der Waals surface area contributed by atoms with E-state index in [0.717, 1.165) is 30.7 Å². The molecule has 3 aliphatic carbocycles. The van der Waals surface area contributed by atoms with Gasteiger partial charge in [0.15, 0.2) is 0 Å². The fourth-order valence-electron chi connectivity index (χ4n) is 10.6. The normalized spacial score (nSPS) is 21.1. The molecular formula is C45H56BN2O2P. The standard InChI is InChI=1S/C45H56BN2O2P/c1-30-25-35-19-16-24-40-42(35)41(26-30)47(29-34-17-10-7-11-18-34)46(48(40)51(36-20-12-8-13-21-36)37-22-14-9-15-23-37)43-32(3)31(2)38-27-45(5,44(49)50-6)28-39(38)33(43)4/h7,10-11,16-19,24-26,36-37H,8-9,12-15,20-23,27-29H2,1-6H3. The van der Waals surface area contributed by atoms with Gasteiger partial charge in [-0.3, -0.25) is 4.79 Å². The van der Waals surface area contributed by atoms with Gasteiger partial charge >= 0.3 is 13.0 Å². The van der Waals surface area contributed by atoms with E-state index in [1.54, 1.807) is 7.11 Å². The number of carbonyl (C=O) groups excluding carboxylic acids is 1. The second-order valence-corrected chi connectivity index (χ2v) is 19.3. The molecule has 4 aromatic carbocycles. The highest BCUT2D eigenvalue weighted by Crippen LogP contribution is 2.62. The molecule has 51 heavy (non-hydrogen) atoms. The van der Waals surface area contributed by atoms with Gasteiger partial charge in [0.05, 0.1) is 12.5 Å². The third-order valence-corrected chi connectivity index (χ3v) is 16.7. The summed E-state index contributed by atoms with van der Waals surface area (Å²) < 4.78 is 8.49. The quantitative estimate of drug-likeness (QED) is 0.109. The summed E-state index contributed by atoms with van der Waals surface area (Å²) in [5, 5.41) is 2.79. The molecule has 1 heterocycles. The Labute approximate surface area is 308 Å². The number of hydrogen-bond donors (Lipinski definition) is 0. The average Bonchev–Trinajstić information content (AvgIpc) is 3.53. The zero-order valence-corrected chi connectivity index (χ0v) is 32.8. The molecule has 1 aliphatic heterocycles. The first-order valence-electron chi connectivity index (χ1n) is 19.8. The van der Waals surface area contributed by atoms with Crippen molar-refractivity contribution in [1.29, 1.82) is 0 Å². The maximum Gasteiger partial charge on any atom is 0.415 e. The fourth-order valence-corrected chi connectivity index (χ4v) is 14.6. The van der Waals surface area contributed by atoms with E-state index in [-0.39, 0.29) is 13.0 Å². The second kappa shape index (κ2) is 13.9. The van der Waals surface area contributed by atoms with Gasteiger partial charge in [0.25, 0.3) is 0 Å². The van der Waals surface area contributed by atoms with Crippen molar-refractivity contribution in [2.24, 2.45) is 5.41 Å². The first kappa shape index (κ1) is 34.8. The molecule has 8 rings (SSSR count). The van der Waals surface area contributed by atoms with Crippen molar-refractivity contribution in [1.82, 2.24) is 0 Å². The van der Waals surface area contributed by atoms with E-state index in [4.69, 9.17) is 4.74 Å². The highest BCUT2D eigenvalue weighted by Gasteiger charge is 2.50. The number of aryl methyl sites for hydroxylation is 1.